The number of carbonyl (C=O) groups is 1. The number of halogens is 1. The highest BCUT2D eigenvalue weighted by Gasteiger charge is 2.19. The van der Waals surface area contributed by atoms with Crippen LogP contribution < -0.4 is 4.80 Å². The fourth-order valence-corrected chi connectivity index (χ4v) is 4.03. The Kier molecular flexibility index (Phi) is 3.76. The molecule has 2 aromatic heterocycles. The number of nitrogens with zero attached hydrogens (tertiary/aromatic N) is 3. The third-order valence-electron chi connectivity index (χ3n) is 3.33. The summed E-state index contributed by atoms with van der Waals surface area (Å²) in [5.41, 5.74) is 1.48. The van der Waals surface area contributed by atoms with E-state index in [1.807, 2.05) is 24.3 Å². The first kappa shape index (κ1) is 15.2. The molecule has 0 spiro atoms. The summed E-state index contributed by atoms with van der Waals surface area (Å²) in [6.45, 7) is 0. The summed E-state index contributed by atoms with van der Waals surface area (Å²) in [5, 5.41) is 13.6. The molecule has 0 aliphatic carbocycles. The van der Waals surface area contributed by atoms with Crippen LogP contribution in [0, 0.1) is 5.41 Å². The SMILES string of the molecule is N=c1sc(C(=O)c2nc3ccccc3s2)nn1-c1ccc(Cl)cc1. The molecule has 0 atom stereocenters. The molecular weight excluding hydrogens is 364 g/mol. The number of ketones is 1. The summed E-state index contributed by atoms with van der Waals surface area (Å²) in [7, 11) is 0. The number of nitrogens with one attached hydrogen (secondary N) is 1. The van der Waals surface area contributed by atoms with Crippen LogP contribution in [0.2, 0.25) is 5.02 Å². The van der Waals surface area contributed by atoms with Crippen LogP contribution >= 0.6 is 34.3 Å². The van der Waals surface area contributed by atoms with Gasteiger partial charge in [-0.3, -0.25) is 10.2 Å². The zero-order valence-corrected chi connectivity index (χ0v) is 14.5. The number of carbonyl (C=O) groups excluding carboxylic acids is 1. The van der Waals surface area contributed by atoms with Crippen LogP contribution in [-0.2, 0) is 0 Å². The van der Waals surface area contributed by atoms with Crippen LogP contribution in [0.15, 0.2) is 48.5 Å². The molecule has 0 aliphatic heterocycles. The van der Waals surface area contributed by atoms with Gasteiger partial charge in [-0.1, -0.05) is 35.1 Å². The summed E-state index contributed by atoms with van der Waals surface area (Å²) in [6, 6.07) is 14.5. The smallest absolute Gasteiger partial charge is 0.252 e. The molecule has 0 saturated carbocycles. The Labute approximate surface area is 149 Å². The van der Waals surface area contributed by atoms with Crippen LogP contribution in [0.3, 0.4) is 0 Å². The van der Waals surface area contributed by atoms with Crippen molar-refractivity contribution >= 4 is 50.3 Å². The average molecular weight is 373 g/mol. The largest absolute Gasteiger partial charge is 0.283 e. The molecule has 118 valence electrons. The van der Waals surface area contributed by atoms with Gasteiger partial charge < -0.3 is 0 Å². The monoisotopic (exact) mass is 372 g/mol. The van der Waals surface area contributed by atoms with E-state index in [1.165, 1.54) is 16.0 Å². The maximum Gasteiger partial charge on any atom is 0.252 e. The molecule has 0 bridgehead atoms. The zero-order chi connectivity index (χ0) is 16.7. The lowest BCUT2D eigenvalue weighted by Crippen LogP contribution is -2.12. The Balaban J connectivity index is 1.74. The molecule has 0 fully saturated rings. The van der Waals surface area contributed by atoms with Gasteiger partial charge in [0.15, 0.2) is 10.0 Å². The van der Waals surface area contributed by atoms with Gasteiger partial charge in [0.1, 0.15) is 0 Å². The third kappa shape index (κ3) is 2.66. The molecule has 24 heavy (non-hydrogen) atoms. The maximum atomic E-state index is 12.6. The van der Waals surface area contributed by atoms with Crippen molar-refractivity contribution in [2.24, 2.45) is 0 Å². The fourth-order valence-electron chi connectivity index (χ4n) is 2.20. The van der Waals surface area contributed by atoms with Crippen LogP contribution in [0.1, 0.15) is 14.8 Å². The minimum Gasteiger partial charge on any atom is -0.283 e. The van der Waals surface area contributed by atoms with Crippen LogP contribution in [0.25, 0.3) is 15.9 Å². The summed E-state index contributed by atoms with van der Waals surface area (Å²) >= 11 is 8.24. The van der Waals surface area contributed by atoms with Crippen molar-refractivity contribution in [1.29, 1.82) is 5.41 Å². The minimum absolute atomic E-state index is 0.168. The molecule has 0 aliphatic rings. The number of benzene rings is 2. The highest BCUT2D eigenvalue weighted by Crippen LogP contribution is 2.24. The van der Waals surface area contributed by atoms with E-state index in [4.69, 9.17) is 17.0 Å². The Morgan fingerprint density at radius 2 is 1.79 bits per heavy atom. The molecular formula is C16H9ClN4OS2. The van der Waals surface area contributed by atoms with Crippen molar-refractivity contribution in [2.45, 2.75) is 0 Å². The zero-order valence-electron chi connectivity index (χ0n) is 12.1. The number of thiazole rings is 1. The van der Waals surface area contributed by atoms with Gasteiger partial charge in [-0.05, 0) is 36.4 Å². The second-order valence-corrected chi connectivity index (χ2v) is 7.36. The highest BCUT2D eigenvalue weighted by atomic mass is 35.5. The van der Waals surface area contributed by atoms with Crippen molar-refractivity contribution in [3.63, 3.8) is 0 Å². The molecule has 0 unspecified atom stereocenters. The van der Waals surface area contributed by atoms with E-state index in [2.05, 4.69) is 10.1 Å². The van der Waals surface area contributed by atoms with Crippen molar-refractivity contribution in [3.05, 3.63) is 68.4 Å². The Bertz CT molecular complexity index is 1080. The molecule has 5 nitrogen and oxygen atoms in total. The first-order valence-electron chi connectivity index (χ1n) is 6.93. The van der Waals surface area contributed by atoms with E-state index in [0.717, 1.165) is 21.6 Å². The number of hydrogen-bond acceptors (Lipinski definition) is 6. The van der Waals surface area contributed by atoms with Crippen LogP contribution in [0.4, 0.5) is 0 Å². The van der Waals surface area contributed by atoms with Crippen LogP contribution in [-0.4, -0.2) is 20.5 Å². The molecule has 1 N–H and O–H groups in total. The topological polar surface area (TPSA) is 71.6 Å². The minimum atomic E-state index is -0.262. The number of hydrogen-bond donors (Lipinski definition) is 1. The van der Waals surface area contributed by atoms with Crippen molar-refractivity contribution in [1.82, 2.24) is 14.8 Å². The van der Waals surface area contributed by atoms with Crippen LogP contribution in [0.5, 0.6) is 0 Å². The highest BCUT2D eigenvalue weighted by molar-refractivity contribution is 7.21. The molecule has 2 aromatic carbocycles. The van der Waals surface area contributed by atoms with Gasteiger partial charge in [-0.25, -0.2) is 9.67 Å². The molecule has 0 amide bonds. The third-order valence-corrected chi connectivity index (χ3v) is 5.44. The van der Waals surface area contributed by atoms with E-state index in [-0.39, 0.29) is 15.6 Å². The fraction of sp³-hybridized carbons (Fsp3) is 0. The Hall–Kier alpha value is -2.35. The lowest BCUT2D eigenvalue weighted by atomic mass is 10.3. The van der Waals surface area contributed by atoms with Gasteiger partial charge >= 0.3 is 0 Å². The lowest BCUT2D eigenvalue weighted by molar-refractivity contribution is 0.103. The van der Waals surface area contributed by atoms with Gasteiger partial charge in [0.2, 0.25) is 4.80 Å². The molecule has 0 radical (unpaired) electrons. The number of para-hydroxylation sites is 1. The van der Waals surface area contributed by atoms with Gasteiger partial charge in [-0.2, -0.15) is 5.10 Å². The number of aromatic nitrogens is 3. The number of rotatable bonds is 3. The van der Waals surface area contributed by atoms with E-state index >= 15 is 0 Å². The summed E-state index contributed by atoms with van der Waals surface area (Å²) in [4.78, 5) is 17.2. The summed E-state index contributed by atoms with van der Waals surface area (Å²) < 4.78 is 2.37. The van der Waals surface area contributed by atoms with E-state index in [1.54, 1.807) is 24.3 Å². The van der Waals surface area contributed by atoms with E-state index in [0.29, 0.717) is 15.7 Å². The molecule has 8 heteroatoms. The van der Waals surface area contributed by atoms with Crippen molar-refractivity contribution in [3.8, 4) is 5.69 Å². The molecule has 0 saturated heterocycles. The van der Waals surface area contributed by atoms with Crippen molar-refractivity contribution < 1.29 is 4.79 Å². The van der Waals surface area contributed by atoms with Gasteiger partial charge in [-0.15, -0.1) is 11.3 Å². The predicted molar refractivity (Wildman–Crippen MR) is 95.4 cm³/mol. The Morgan fingerprint density at radius 1 is 1.04 bits per heavy atom. The first-order valence-corrected chi connectivity index (χ1v) is 8.94. The second-order valence-electron chi connectivity index (χ2n) is 4.92. The molecule has 4 rings (SSSR count). The Morgan fingerprint density at radius 3 is 2.54 bits per heavy atom. The van der Waals surface area contributed by atoms with Gasteiger partial charge in [0, 0.05) is 5.02 Å². The normalized spacial score (nSPS) is 11.0. The lowest BCUT2D eigenvalue weighted by Gasteiger charge is -1.99. The molecule has 4 aromatic rings. The summed E-state index contributed by atoms with van der Waals surface area (Å²) in [5.74, 6) is -0.262. The first-order chi connectivity index (χ1) is 11.6. The average Bonchev–Trinajstić information content (AvgIpc) is 3.18. The summed E-state index contributed by atoms with van der Waals surface area (Å²) in [6.07, 6.45) is 0. The van der Waals surface area contributed by atoms with Gasteiger partial charge in [0.25, 0.3) is 5.78 Å². The van der Waals surface area contributed by atoms with E-state index < -0.39 is 0 Å². The standard InChI is InChI=1S/C16H9ClN4OS2/c17-9-5-7-10(8-6-9)21-16(18)24-15(20-21)13(22)14-19-11-3-1-2-4-12(11)23-14/h1-8,18H. The maximum absolute atomic E-state index is 12.6. The second kappa shape index (κ2) is 5.94. The van der Waals surface area contributed by atoms with Gasteiger partial charge in [0.05, 0.1) is 15.9 Å². The quantitative estimate of drug-likeness (QED) is 0.554. The number of fused-ring (bicyclic) bond motifs is 1. The molecule has 2 heterocycles. The predicted octanol–water partition coefficient (Wildman–Crippen LogP) is 3.91. The van der Waals surface area contributed by atoms with Crippen molar-refractivity contribution in [2.75, 3.05) is 0 Å². The van der Waals surface area contributed by atoms with E-state index in [9.17, 15) is 4.79 Å².